The number of amides is 3. The van der Waals surface area contributed by atoms with Gasteiger partial charge in [-0.25, -0.2) is 35.1 Å². The van der Waals surface area contributed by atoms with Crippen molar-refractivity contribution in [3.05, 3.63) is 47.5 Å². The molecule has 0 spiro atoms. The van der Waals surface area contributed by atoms with E-state index >= 15 is 4.39 Å². The number of anilines is 1. The van der Waals surface area contributed by atoms with Gasteiger partial charge >= 0.3 is 11.8 Å². The van der Waals surface area contributed by atoms with Crippen LogP contribution >= 0.6 is 0 Å². The molecule has 1 saturated heterocycles. The summed E-state index contributed by atoms with van der Waals surface area (Å²) in [5.74, 6) is -11.2. The van der Waals surface area contributed by atoms with Gasteiger partial charge in [-0.1, -0.05) is 0 Å². The van der Waals surface area contributed by atoms with Crippen molar-refractivity contribution in [2.24, 2.45) is 7.05 Å². The summed E-state index contributed by atoms with van der Waals surface area (Å²) in [5.41, 5.74) is -1.06. The van der Waals surface area contributed by atoms with E-state index in [0.29, 0.717) is 36.1 Å². The second kappa shape index (κ2) is 10.6. The Morgan fingerprint density at radius 1 is 1.05 bits per heavy atom. The fraction of sp³-hybridized carbons (Fsp3) is 0.435. The van der Waals surface area contributed by atoms with E-state index in [9.17, 15) is 40.4 Å². The van der Waals surface area contributed by atoms with Crippen molar-refractivity contribution in [1.82, 2.24) is 19.5 Å². The van der Waals surface area contributed by atoms with Gasteiger partial charge in [0.25, 0.3) is 11.8 Å². The van der Waals surface area contributed by atoms with Gasteiger partial charge in [-0.05, 0) is 37.8 Å². The van der Waals surface area contributed by atoms with E-state index in [4.69, 9.17) is 0 Å². The molecule has 1 aliphatic heterocycles. The standard InChI is InChI=1S/C23H24F5N5O5S/c1-32-10-16(18(26)19(32)20(34)30-13-5-6-14(24)15(25)9-13)39(37,38)31-17-7-8-33(11-23(17,27)28)22(36)21(35)29-12-3-2-4-12/h5-6,9-10,12,17,31H,2-4,7-8,11H2,1H3,(H,29,35)(H,30,34). The van der Waals surface area contributed by atoms with Crippen LogP contribution in [0.15, 0.2) is 29.3 Å². The Hall–Kier alpha value is -3.53. The van der Waals surface area contributed by atoms with Crippen LogP contribution < -0.4 is 15.4 Å². The fourth-order valence-electron chi connectivity index (χ4n) is 4.23. The molecule has 16 heteroatoms. The summed E-state index contributed by atoms with van der Waals surface area (Å²) in [4.78, 5) is 36.4. The van der Waals surface area contributed by atoms with Gasteiger partial charge < -0.3 is 20.1 Å². The molecule has 1 saturated carbocycles. The molecule has 2 aliphatic rings. The smallest absolute Gasteiger partial charge is 0.312 e. The molecule has 3 N–H and O–H groups in total. The van der Waals surface area contributed by atoms with Gasteiger partial charge in [0.2, 0.25) is 10.0 Å². The predicted octanol–water partition coefficient (Wildman–Crippen LogP) is 1.88. The highest BCUT2D eigenvalue weighted by Gasteiger charge is 2.49. The first kappa shape index (κ1) is 28.5. The number of halogens is 5. The van der Waals surface area contributed by atoms with Crippen LogP contribution in [0, 0.1) is 17.5 Å². The molecule has 10 nitrogen and oxygen atoms in total. The normalized spacial score (nSPS) is 19.3. The number of carbonyl (C=O) groups is 3. The molecule has 2 fully saturated rings. The molecule has 212 valence electrons. The Balaban J connectivity index is 1.46. The summed E-state index contributed by atoms with van der Waals surface area (Å²) in [6.07, 6.45) is 2.36. The quantitative estimate of drug-likeness (QED) is 0.357. The molecule has 39 heavy (non-hydrogen) atoms. The average Bonchev–Trinajstić information content (AvgIpc) is 3.13. The Labute approximate surface area is 219 Å². The highest BCUT2D eigenvalue weighted by Crippen LogP contribution is 2.30. The molecule has 3 amide bonds. The van der Waals surface area contributed by atoms with Crippen molar-refractivity contribution in [2.75, 3.05) is 18.4 Å². The number of benzene rings is 1. The number of rotatable bonds is 6. The minimum absolute atomic E-state index is 0.184. The third-order valence-corrected chi connectivity index (χ3v) is 8.05. The molecule has 0 bridgehead atoms. The third kappa shape index (κ3) is 5.90. The van der Waals surface area contributed by atoms with E-state index in [2.05, 4.69) is 10.6 Å². The summed E-state index contributed by atoms with van der Waals surface area (Å²) in [5, 5.41) is 4.56. The maximum atomic E-state index is 15.1. The van der Waals surface area contributed by atoms with Crippen molar-refractivity contribution in [3.8, 4) is 0 Å². The molecule has 1 aromatic carbocycles. The topological polar surface area (TPSA) is 130 Å². The molecular formula is C23H24F5N5O5S. The van der Waals surface area contributed by atoms with Crippen molar-refractivity contribution in [2.45, 2.75) is 48.6 Å². The van der Waals surface area contributed by atoms with Gasteiger partial charge in [-0.2, -0.15) is 0 Å². The highest BCUT2D eigenvalue weighted by molar-refractivity contribution is 7.89. The number of piperidine rings is 1. The number of aromatic nitrogens is 1. The molecule has 2 aromatic rings. The minimum Gasteiger partial charge on any atom is -0.345 e. The van der Waals surface area contributed by atoms with Gasteiger partial charge in [-0.15, -0.1) is 0 Å². The summed E-state index contributed by atoms with van der Waals surface area (Å²) < 4.78 is 99.6. The zero-order chi connectivity index (χ0) is 28.7. The van der Waals surface area contributed by atoms with Gasteiger partial charge in [-0.3, -0.25) is 14.4 Å². The Kier molecular flexibility index (Phi) is 7.71. The molecule has 1 unspecified atom stereocenters. The summed E-state index contributed by atoms with van der Waals surface area (Å²) in [6, 6.07) is 0.110. The number of hydrogen-bond donors (Lipinski definition) is 3. The molecular weight excluding hydrogens is 553 g/mol. The van der Waals surface area contributed by atoms with Gasteiger partial charge in [0.15, 0.2) is 17.5 Å². The van der Waals surface area contributed by atoms with Crippen LogP contribution in [0.1, 0.15) is 36.2 Å². The average molecular weight is 578 g/mol. The number of sulfonamides is 1. The maximum absolute atomic E-state index is 15.1. The first-order valence-electron chi connectivity index (χ1n) is 11.8. The molecule has 0 radical (unpaired) electrons. The number of nitrogens with one attached hydrogen (secondary N) is 3. The molecule has 4 rings (SSSR count). The lowest BCUT2D eigenvalue weighted by Gasteiger charge is -2.38. The number of nitrogens with zero attached hydrogens (tertiary/aromatic N) is 2. The van der Waals surface area contributed by atoms with E-state index in [0.717, 1.165) is 24.1 Å². The van der Waals surface area contributed by atoms with Crippen molar-refractivity contribution < 1.29 is 44.8 Å². The fourth-order valence-corrected chi connectivity index (χ4v) is 5.65. The van der Waals surface area contributed by atoms with Crippen molar-refractivity contribution in [1.29, 1.82) is 0 Å². The molecule has 1 atom stereocenters. The van der Waals surface area contributed by atoms with E-state index in [-0.39, 0.29) is 18.3 Å². The predicted molar refractivity (Wildman–Crippen MR) is 126 cm³/mol. The van der Waals surface area contributed by atoms with Crippen LogP contribution in [0.25, 0.3) is 0 Å². The summed E-state index contributed by atoms with van der Waals surface area (Å²) >= 11 is 0. The maximum Gasteiger partial charge on any atom is 0.312 e. The molecule has 1 aliphatic carbocycles. The number of aryl methyl sites for hydroxylation is 1. The second-order valence-corrected chi connectivity index (χ2v) is 11.1. The SMILES string of the molecule is Cn1cc(S(=O)(=O)NC2CCN(C(=O)C(=O)NC3CCC3)CC2(F)F)c(F)c1C(=O)Nc1ccc(F)c(F)c1. The lowest BCUT2D eigenvalue weighted by molar-refractivity contribution is -0.154. The van der Waals surface area contributed by atoms with Crippen LogP contribution in [-0.2, 0) is 26.7 Å². The molecule has 1 aromatic heterocycles. The van der Waals surface area contributed by atoms with Crippen LogP contribution in [-0.4, -0.2) is 66.7 Å². The van der Waals surface area contributed by atoms with Crippen LogP contribution in [0.2, 0.25) is 0 Å². The van der Waals surface area contributed by atoms with Crippen molar-refractivity contribution >= 4 is 33.4 Å². The van der Waals surface area contributed by atoms with Crippen LogP contribution in [0.4, 0.5) is 27.6 Å². The first-order valence-corrected chi connectivity index (χ1v) is 13.3. The zero-order valence-electron chi connectivity index (χ0n) is 20.4. The number of likely N-dealkylation sites (tertiary alicyclic amines) is 1. The largest absolute Gasteiger partial charge is 0.345 e. The summed E-state index contributed by atoms with van der Waals surface area (Å²) in [7, 11) is -3.83. The van der Waals surface area contributed by atoms with E-state index < -0.39 is 80.7 Å². The van der Waals surface area contributed by atoms with E-state index in [1.165, 1.54) is 0 Å². The minimum atomic E-state index is -4.95. The molecule has 2 heterocycles. The third-order valence-electron chi connectivity index (χ3n) is 6.59. The first-order chi connectivity index (χ1) is 18.2. The van der Waals surface area contributed by atoms with Crippen molar-refractivity contribution in [3.63, 3.8) is 0 Å². The number of alkyl halides is 2. The van der Waals surface area contributed by atoms with Gasteiger partial charge in [0, 0.05) is 37.6 Å². The number of carbonyl (C=O) groups excluding carboxylic acids is 3. The van der Waals surface area contributed by atoms with Crippen LogP contribution in [0.3, 0.4) is 0 Å². The van der Waals surface area contributed by atoms with Gasteiger partial charge in [0.05, 0.1) is 12.6 Å². The van der Waals surface area contributed by atoms with Gasteiger partial charge in [0.1, 0.15) is 10.6 Å². The summed E-state index contributed by atoms with van der Waals surface area (Å²) in [6.45, 7) is -1.60. The highest BCUT2D eigenvalue weighted by atomic mass is 32.2. The lowest BCUT2D eigenvalue weighted by Crippen LogP contribution is -2.61. The Morgan fingerprint density at radius 2 is 1.74 bits per heavy atom. The monoisotopic (exact) mass is 577 g/mol. The lowest BCUT2D eigenvalue weighted by atomic mass is 9.93. The Bertz CT molecular complexity index is 1430. The number of hydrogen-bond acceptors (Lipinski definition) is 5. The van der Waals surface area contributed by atoms with Crippen LogP contribution in [0.5, 0.6) is 0 Å². The van der Waals surface area contributed by atoms with E-state index in [1.54, 1.807) is 4.72 Å². The zero-order valence-corrected chi connectivity index (χ0v) is 21.3. The van der Waals surface area contributed by atoms with E-state index in [1.807, 2.05) is 0 Å². The Morgan fingerprint density at radius 3 is 2.33 bits per heavy atom. The second-order valence-electron chi connectivity index (χ2n) is 9.40.